The summed E-state index contributed by atoms with van der Waals surface area (Å²) in [6.45, 7) is 2.09. The van der Waals surface area contributed by atoms with Crippen molar-refractivity contribution in [3.05, 3.63) is 51.7 Å². The second-order valence-corrected chi connectivity index (χ2v) is 7.61. The quantitative estimate of drug-likeness (QED) is 0.752. The first-order valence-corrected chi connectivity index (χ1v) is 10.1. The van der Waals surface area contributed by atoms with Crippen molar-refractivity contribution in [3.63, 3.8) is 0 Å². The van der Waals surface area contributed by atoms with Crippen LogP contribution in [0, 0.1) is 11.3 Å². The lowest BCUT2D eigenvalue weighted by Crippen LogP contribution is -2.16. The van der Waals surface area contributed by atoms with E-state index < -0.39 is 0 Å². The van der Waals surface area contributed by atoms with Gasteiger partial charge in [0.15, 0.2) is 0 Å². The Morgan fingerprint density at radius 3 is 2.62 bits per heavy atom. The number of aromatic nitrogens is 1. The molecule has 0 spiro atoms. The Balaban J connectivity index is 1.76. The van der Waals surface area contributed by atoms with Crippen LogP contribution in [0.5, 0.6) is 0 Å². The van der Waals surface area contributed by atoms with Gasteiger partial charge in [-0.25, -0.2) is 4.98 Å². The average molecular weight is 386 g/mol. The van der Waals surface area contributed by atoms with Crippen LogP contribution in [-0.2, 0) is 24.1 Å². The molecule has 1 N–H and O–H groups in total. The molecule has 4 nitrogen and oxygen atoms in total. The number of carbonyl (C=O) groups excluding carboxylic acids is 1. The first-order valence-electron chi connectivity index (χ1n) is 8.75. The van der Waals surface area contributed by atoms with E-state index in [4.69, 9.17) is 16.6 Å². The molecule has 0 unspecified atom stereocenters. The first kappa shape index (κ1) is 18.8. The van der Waals surface area contributed by atoms with Crippen LogP contribution in [-0.4, -0.2) is 16.6 Å². The van der Waals surface area contributed by atoms with Gasteiger partial charge in [0.2, 0.25) is 5.91 Å². The number of hydrogen-bond donors (Lipinski definition) is 1. The van der Waals surface area contributed by atoms with Crippen LogP contribution in [0.15, 0.2) is 29.3 Å². The first-order chi connectivity index (χ1) is 12.6. The smallest absolute Gasteiger partial charge is 0.234 e. The molecule has 26 heavy (non-hydrogen) atoms. The van der Waals surface area contributed by atoms with Gasteiger partial charge in [0, 0.05) is 16.4 Å². The predicted octanol–water partition coefficient (Wildman–Crippen LogP) is 4.78. The number of amides is 1. The fourth-order valence-electron chi connectivity index (χ4n) is 3.25. The molecule has 0 aliphatic heterocycles. The maximum atomic E-state index is 12.2. The lowest BCUT2D eigenvalue weighted by atomic mass is 9.87. The van der Waals surface area contributed by atoms with Gasteiger partial charge < -0.3 is 5.32 Å². The van der Waals surface area contributed by atoms with Crippen LogP contribution in [0.3, 0.4) is 0 Å². The summed E-state index contributed by atoms with van der Waals surface area (Å²) in [6.07, 6.45) is 5.04. The number of fused-ring (bicyclic) bond motifs is 1. The number of carbonyl (C=O) groups is 1. The van der Waals surface area contributed by atoms with Crippen molar-refractivity contribution >= 4 is 35.0 Å². The molecule has 1 aliphatic rings. The summed E-state index contributed by atoms with van der Waals surface area (Å²) in [5.41, 5.74) is 4.82. The molecule has 2 aromatic rings. The summed E-state index contributed by atoms with van der Waals surface area (Å²) < 4.78 is 0. The number of thioether (sulfide) groups is 1. The normalized spacial score (nSPS) is 13.0. The van der Waals surface area contributed by atoms with E-state index in [0.717, 1.165) is 43.4 Å². The number of benzene rings is 1. The Hall–Kier alpha value is -2.03. The minimum absolute atomic E-state index is 0.126. The van der Waals surface area contributed by atoms with Crippen molar-refractivity contribution in [1.82, 2.24) is 4.98 Å². The largest absolute Gasteiger partial charge is 0.325 e. The molecule has 0 radical (unpaired) electrons. The molecule has 0 saturated heterocycles. The van der Waals surface area contributed by atoms with Gasteiger partial charge in [0.1, 0.15) is 11.1 Å². The van der Waals surface area contributed by atoms with E-state index in [1.165, 1.54) is 17.3 Å². The Morgan fingerprint density at radius 2 is 1.96 bits per heavy atom. The number of nitriles is 1. The number of nitrogens with zero attached hydrogens (tertiary/aromatic N) is 2. The van der Waals surface area contributed by atoms with E-state index in [0.29, 0.717) is 21.3 Å². The van der Waals surface area contributed by atoms with Gasteiger partial charge in [-0.05, 0) is 67.5 Å². The summed E-state index contributed by atoms with van der Waals surface area (Å²) >= 11 is 7.19. The zero-order valence-electron chi connectivity index (χ0n) is 14.6. The van der Waals surface area contributed by atoms with E-state index in [2.05, 4.69) is 18.3 Å². The molecule has 1 amide bonds. The third-order valence-electron chi connectivity index (χ3n) is 4.48. The highest BCUT2D eigenvalue weighted by atomic mass is 35.5. The summed E-state index contributed by atoms with van der Waals surface area (Å²) in [6, 6.07) is 9.31. The molecule has 6 heteroatoms. The molecule has 3 rings (SSSR count). The van der Waals surface area contributed by atoms with Gasteiger partial charge in [-0.15, -0.1) is 0 Å². The van der Waals surface area contributed by atoms with Crippen molar-refractivity contribution in [1.29, 1.82) is 5.26 Å². The van der Waals surface area contributed by atoms with Gasteiger partial charge in [0.05, 0.1) is 11.3 Å². The molecule has 1 aromatic heterocycles. The summed E-state index contributed by atoms with van der Waals surface area (Å²) in [5.74, 6) is 0.0884. The highest BCUT2D eigenvalue weighted by Crippen LogP contribution is 2.32. The SMILES string of the molecule is CCc1nc(SCC(=O)Nc2ccc(Cl)cc2)c(C#N)c2c1CCCC2. The van der Waals surface area contributed by atoms with Crippen molar-refractivity contribution in [2.45, 2.75) is 44.1 Å². The van der Waals surface area contributed by atoms with E-state index in [1.54, 1.807) is 24.3 Å². The Kier molecular flexibility index (Phi) is 6.18. The molecule has 0 bridgehead atoms. The fraction of sp³-hybridized carbons (Fsp3) is 0.350. The minimum atomic E-state index is -0.126. The second-order valence-electron chi connectivity index (χ2n) is 6.21. The van der Waals surface area contributed by atoms with Gasteiger partial charge in [-0.2, -0.15) is 5.26 Å². The topological polar surface area (TPSA) is 65.8 Å². The molecule has 0 atom stereocenters. The highest BCUT2D eigenvalue weighted by Gasteiger charge is 2.22. The number of pyridine rings is 1. The van der Waals surface area contributed by atoms with Crippen molar-refractivity contribution < 1.29 is 4.79 Å². The van der Waals surface area contributed by atoms with Crippen molar-refractivity contribution in [3.8, 4) is 6.07 Å². The number of rotatable bonds is 5. The molecular formula is C20H20ClN3OS. The maximum Gasteiger partial charge on any atom is 0.234 e. The highest BCUT2D eigenvalue weighted by molar-refractivity contribution is 8.00. The summed E-state index contributed by atoms with van der Waals surface area (Å²) in [7, 11) is 0. The van der Waals surface area contributed by atoms with E-state index in [9.17, 15) is 10.1 Å². The van der Waals surface area contributed by atoms with E-state index in [1.807, 2.05) is 0 Å². The predicted molar refractivity (Wildman–Crippen MR) is 106 cm³/mol. The number of anilines is 1. The Bertz CT molecular complexity index is 859. The van der Waals surface area contributed by atoms with Crippen LogP contribution in [0.25, 0.3) is 0 Å². The number of hydrogen-bond acceptors (Lipinski definition) is 4. The molecule has 0 saturated carbocycles. The number of halogens is 1. The van der Waals surface area contributed by atoms with Gasteiger partial charge in [-0.3, -0.25) is 4.79 Å². The molecule has 1 heterocycles. The minimum Gasteiger partial charge on any atom is -0.325 e. The molecule has 134 valence electrons. The molecule has 1 aromatic carbocycles. The lowest BCUT2D eigenvalue weighted by Gasteiger charge is -2.21. The van der Waals surface area contributed by atoms with Crippen molar-refractivity contribution in [2.24, 2.45) is 0 Å². The number of aryl methyl sites for hydroxylation is 1. The third-order valence-corrected chi connectivity index (χ3v) is 5.71. The van der Waals surface area contributed by atoms with Crippen LogP contribution in [0.4, 0.5) is 5.69 Å². The third kappa shape index (κ3) is 4.20. The van der Waals surface area contributed by atoms with E-state index >= 15 is 0 Å². The van der Waals surface area contributed by atoms with Crippen molar-refractivity contribution in [2.75, 3.05) is 11.1 Å². The van der Waals surface area contributed by atoms with Gasteiger partial charge >= 0.3 is 0 Å². The zero-order chi connectivity index (χ0) is 18.5. The van der Waals surface area contributed by atoms with Crippen LogP contribution < -0.4 is 5.32 Å². The molecule has 1 aliphatic carbocycles. The summed E-state index contributed by atoms with van der Waals surface area (Å²) in [5, 5.41) is 13.8. The van der Waals surface area contributed by atoms with Crippen LogP contribution >= 0.6 is 23.4 Å². The van der Waals surface area contributed by atoms with Gasteiger partial charge in [0.25, 0.3) is 0 Å². The van der Waals surface area contributed by atoms with E-state index in [-0.39, 0.29) is 11.7 Å². The summed E-state index contributed by atoms with van der Waals surface area (Å²) in [4.78, 5) is 16.9. The average Bonchev–Trinajstić information content (AvgIpc) is 2.67. The van der Waals surface area contributed by atoms with Gasteiger partial charge in [-0.1, -0.05) is 30.3 Å². The van der Waals surface area contributed by atoms with Crippen LogP contribution in [0.2, 0.25) is 5.02 Å². The standard InChI is InChI=1S/C20H20ClN3OS/c1-2-18-16-6-4-3-5-15(16)17(11-22)20(24-18)26-12-19(25)23-14-9-7-13(21)8-10-14/h7-10H,2-6,12H2,1H3,(H,23,25). The second kappa shape index (κ2) is 8.57. The zero-order valence-corrected chi connectivity index (χ0v) is 16.2. The Morgan fingerprint density at radius 1 is 1.27 bits per heavy atom. The Labute approximate surface area is 163 Å². The maximum absolute atomic E-state index is 12.2. The van der Waals surface area contributed by atoms with Crippen LogP contribution in [0.1, 0.15) is 42.1 Å². The lowest BCUT2D eigenvalue weighted by molar-refractivity contribution is -0.113. The molecule has 0 fully saturated rings. The fourth-order valence-corrected chi connectivity index (χ4v) is 4.21. The number of nitrogens with one attached hydrogen (secondary N) is 1. The monoisotopic (exact) mass is 385 g/mol. The molecular weight excluding hydrogens is 366 g/mol.